The van der Waals surface area contributed by atoms with E-state index in [-0.39, 0.29) is 0 Å². The van der Waals surface area contributed by atoms with Gasteiger partial charge in [0.15, 0.2) is 0 Å². The number of nitrogens with one attached hydrogen (secondary N) is 1. The topological polar surface area (TPSA) is 12.0 Å². The lowest BCUT2D eigenvalue weighted by Gasteiger charge is -2.21. The number of benzene rings is 2. The Kier molecular flexibility index (Phi) is 5.58. The van der Waals surface area contributed by atoms with Crippen LogP contribution in [0.5, 0.6) is 0 Å². The number of hydrogen-bond acceptors (Lipinski definition) is 1. The van der Waals surface area contributed by atoms with E-state index in [0.29, 0.717) is 12.1 Å². The van der Waals surface area contributed by atoms with Crippen molar-refractivity contribution in [1.29, 1.82) is 0 Å². The molecule has 2 atom stereocenters. The summed E-state index contributed by atoms with van der Waals surface area (Å²) >= 11 is 0. The fourth-order valence-corrected chi connectivity index (χ4v) is 2.89. The van der Waals surface area contributed by atoms with Crippen LogP contribution in [0.25, 0.3) is 0 Å². The minimum absolute atomic E-state index is 0.398. The monoisotopic (exact) mass is 281 g/mol. The van der Waals surface area contributed by atoms with Gasteiger partial charge in [0.25, 0.3) is 0 Å². The summed E-state index contributed by atoms with van der Waals surface area (Å²) in [7, 11) is 0. The fourth-order valence-electron chi connectivity index (χ4n) is 2.89. The quantitative estimate of drug-likeness (QED) is 0.787. The van der Waals surface area contributed by atoms with Crippen LogP contribution in [0, 0.1) is 13.8 Å². The van der Waals surface area contributed by atoms with Crippen LogP contribution < -0.4 is 5.32 Å². The largest absolute Gasteiger partial charge is 0.308 e. The van der Waals surface area contributed by atoms with Gasteiger partial charge >= 0.3 is 0 Å². The molecule has 2 rings (SSSR count). The van der Waals surface area contributed by atoms with Gasteiger partial charge in [0.2, 0.25) is 0 Å². The molecule has 0 aliphatic carbocycles. The standard InChI is InChI=1S/C20H27N/c1-15-12-16(2)14-20(13-15)18(4)21-17(3)10-11-19-8-6-5-7-9-19/h5-9,12-14,17-18,21H,10-11H2,1-4H3. The van der Waals surface area contributed by atoms with Gasteiger partial charge in [-0.15, -0.1) is 0 Å². The van der Waals surface area contributed by atoms with Crippen molar-refractivity contribution in [3.05, 3.63) is 70.8 Å². The maximum absolute atomic E-state index is 3.72. The Bertz CT molecular complexity index is 539. The zero-order valence-electron chi connectivity index (χ0n) is 13.7. The van der Waals surface area contributed by atoms with Crippen molar-refractivity contribution in [2.24, 2.45) is 0 Å². The van der Waals surface area contributed by atoms with Gasteiger partial charge in [0, 0.05) is 12.1 Å². The first-order chi connectivity index (χ1) is 10.0. The molecule has 21 heavy (non-hydrogen) atoms. The van der Waals surface area contributed by atoms with E-state index in [1.165, 1.54) is 28.7 Å². The van der Waals surface area contributed by atoms with Crippen molar-refractivity contribution in [3.63, 3.8) is 0 Å². The molecular weight excluding hydrogens is 254 g/mol. The summed E-state index contributed by atoms with van der Waals surface area (Å²) in [5.74, 6) is 0. The van der Waals surface area contributed by atoms with Crippen molar-refractivity contribution in [1.82, 2.24) is 5.32 Å². The number of rotatable bonds is 6. The lowest BCUT2D eigenvalue weighted by molar-refractivity contribution is 0.456. The molecule has 0 aromatic heterocycles. The Hall–Kier alpha value is -1.60. The van der Waals surface area contributed by atoms with E-state index >= 15 is 0 Å². The minimum Gasteiger partial charge on any atom is -0.308 e. The summed E-state index contributed by atoms with van der Waals surface area (Å²) in [5, 5.41) is 3.72. The molecule has 0 aliphatic rings. The third kappa shape index (κ3) is 5.02. The minimum atomic E-state index is 0.398. The second-order valence-corrected chi connectivity index (χ2v) is 6.23. The highest BCUT2D eigenvalue weighted by molar-refractivity contribution is 5.30. The fraction of sp³-hybridized carbons (Fsp3) is 0.400. The first kappa shape index (κ1) is 15.8. The summed E-state index contributed by atoms with van der Waals surface area (Å²) in [5.41, 5.74) is 5.50. The molecule has 0 heterocycles. The smallest absolute Gasteiger partial charge is 0.0294 e. The van der Waals surface area contributed by atoms with Crippen LogP contribution in [0.4, 0.5) is 0 Å². The molecule has 0 aliphatic heterocycles. The lowest BCUT2D eigenvalue weighted by atomic mass is 10.0. The molecule has 0 saturated heterocycles. The molecule has 0 amide bonds. The molecule has 0 bridgehead atoms. The van der Waals surface area contributed by atoms with Crippen LogP contribution in [0.15, 0.2) is 48.5 Å². The molecular formula is C20H27N. The summed E-state index contributed by atoms with van der Waals surface area (Å²) in [6, 6.07) is 18.4. The highest BCUT2D eigenvalue weighted by atomic mass is 14.9. The average Bonchev–Trinajstić information content (AvgIpc) is 2.45. The Labute approximate surface area is 129 Å². The van der Waals surface area contributed by atoms with Gasteiger partial charge in [-0.25, -0.2) is 0 Å². The first-order valence-corrected chi connectivity index (χ1v) is 7.93. The third-order valence-electron chi connectivity index (χ3n) is 3.99. The molecule has 0 spiro atoms. The van der Waals surface area contributed by atoms with Crippen molar-refractivity contribution in [3.8, 4) is 0 Å². The Balaban J connectivity index is 1.88. The molecule has 112 valence electrons. The molecule has 1 nitrogen and oxygen atoms in total. The summed E-state index contributed by atoms with van der Waals surface area (Å²) in [6.45, 7) is 8.87. The predicted octanol–water partition coefficient (Wildman–Crippen LogP) is 4.98. The van der Waals surface area contributed by atoms with E-state index in [1.807, 2.05) is 0 Å². The summed E-state index contributed by atoms with van der Waals surface area (Å²) in [6.07, 6.45) is 2.30. The van der Waals surface area contributed by atoms with Crippen LogP contribution in [0.3, 0.4) is 0 Å². The van der Waals surface area contributed by atoms with Gasteiger partial charge in [0.1, 0.15) is 0 Å². The van der Waals surface area contributed by atoms with Gasteiger partial charge in [0.05, 0.1) is 0 Å². The van der Waals surface area contributed by atoms with E-state index in [2.05, 4.69) is 81.5 Å². The third-order valence-corrected chi connectivity index (χ3v) is 3.99. The Morgan fingerprint density at radius 1 is 0.905 bits per heavy atom. The van der Waals surface area contributed by atoms with Crippen LogP contribution in [-0.4, -0.2) is 6.04 Å². The van der Waals surface area contributed by atoms with Crippen LogP contribution >= 0.6 is 0 Å². The number of aryl methyl sites for hydroxylation is 3. The molecule has 0 radical (unpaired) electrons. The Morgan fingerprint density at radius 3 is 2.14 bits per heavy atom. The van der Waals surface area contributed by atoms with Crippen LogP contribution in [0.1, 0.15) is 48.6 Å². The van der Waals surface area contributed by atoms with Gasteiger partial charge in [-0.05, 0) is 51.7 Å². The molecule has 0 fully saturated rings. The van der Waals surface area contributed by atoms with E-state index in [1.54, 1.807) is 0 Å². The van der Waals surface area contributed by atoms with Gasteiger partial charge in [-0.1, -0.05) is 59.7 Å². The lowest BCUT2D eigenvalue weighted by Crippen LogP contribution is -2.29. The Morgan fingerprint density at radius 2 is 1.52 bits per heavy atom. The summed E-state index contributed by atoms with van der Waals surface area (Å²) < 4.78 is 0. The number of hydrogen-bond donors (Lipinski definition) is 1. The molecule has 2 aromatic carbocycles. The maximum atomic E-state index is 3.72. The second kappa shape index (κ2) is 7.42. The van der Waals surface area contributed by atoms with E-state index in [4.69, 9.17) is 0 Å². The predicted molar refractivity (Wildman–Crippen MR) is 91.7 cm³/mol. The molecule has 0 saturated carbocycles. The van der Waals surface area contributed by atoms with Crippen LogP contribution in [0.2, 0.25) is 0 Å². The SMILES string of the molecule is Cc1cc(C)cc(C(C)NC(C)CCc2ccccc2)c1. The van der Waals surface area contributed by atoms with Crippen molar-refractivity contribution in [2.75, 3.05) is 0 Å². The zero-order chi connectivity index (χ0) is 15.2. The normalized spacial score (nSPS) is 13.9. The van der Waals surface area contributed by atoms with Crippen molar-refractivity contribution in [2.45, 2.75) is 52.6 Å². The van der Waals surface area contributed by atoms with E-state index in [0.717, 1.165) is 6.42 Å². The molecule has 2 unspecified atom stereocenters. The van der Waals surface area contributed by atoms with Crippen molar-refractivity contribution >= 4 is 0 Å². The molecule has 1 heteroatoms. The van der Waals surface area contributed by atoms with E-state index < -0.39 is 0 Å². The zero-order valence-corrected chi connectivity index (χ0v) is 13.7. The molecule has 1 N–H and O–H groups in total. The molecule has 2 aromatic rings. The second-order valence-electron chi connectivity index (χ2n) is 6.23. The summed E-state index contributed by atoms with van der Waals surface area (Å²) in [4.78, 5) is 0. The van der Waals surface area contributed by atoms with Gasteiger partial charge in [-0.3, -0.25) is 0 Å². The van der Waals surface area contributed by atoms with Crippen LogP contribution in [-0.2, 0) is 6.42 Å². The van der Waals surface area contributed by atoms with Gasteiger partial charge < -0.3 is 5.32 Å². The van der Waals surface area contributed by atoms with Crippen molar-refractivity contribution < 1.29 is 0 Å². The highest BCUT2D eigenvalue weighted by Crippen LogP contribution is 2.18. The highest BCUT2D eigenvalue weighted by Gasteiger charge is 2.10. The first-order valence-electron chi connectivity index (χ1n) is 7.93. The van der Waals surface area contributed by atoms with E-state index in [9.17, 15) is 0 Å². The average molecular weight is 281 g/mol. The van der Waals surface area contributed by atoms with Gasteiger partial charge in [-0.2, -0.15) is 0 Å². The maximum Gasteiger partial charge on any atom is 0.0294 e.